The summed E-state index contributed by atoms with van der Waals surface area (Å²) in [6.45, 7) is 2.48. The van der Waals surface area contributed by atoms with Crippen LogP contribution in [0.4, 0.5) is 0 Å². The zero-order valence-electron chi connectivity index (χ0n) is 11.2. The second-order valence-corrected chi connectivity index (χ2v) is 4.88. The zero-order valence-corrected chi connectivity index (χ0v) is 14.3. The molecule has 4 nitrogen and oxygen atoms in total. The number of nitrogens with zero attached hydrogens (tertiary/aromatic N) is 1. The Labute approximate surface area is 154 Å². The van der Waals surface area contributed by atoms with Crippen molar-refractivity contribution in [3.63, 3.8) is 0 Å². The Morgan fingerprint density at radius 3 is 2.84 bits per heavy atom. The third-order valence-electron chi connectivity index (χ3n) is 3.31. The second kappa shape index (κ2) is 5.97. The minimum atomic E-state index is -1.16. The van der Waals surface area contributed by atoms with Crippen LogP contribution in [-0.2, 0) is 0 Å². The number of ether oxygens (including phenoxy) is 1. The fourth-order valence-corrected chi connectivity index (χ4v) is 2.13. The topological polar surface area (TPSA) is 53.8 Å². The predicted molar refractivity (Wildman–Crippen MR) is 64.7 cm³/mol. The van der Waals surface area contributed by atoms with Crippen LogP contribution < -0.4 is 61.2 Å². The maximum absolute atomic E-state index is 11.1. The summed E-state index contributed by atoms with van der Waals surface area (Å²) in [5.41, 5.74) is 1.74. The van der Waals surface area contributed by atoms with E-state index in [2.05, 4.69) is 0 Å². The number of rotatable bonds is 4. The summed E-state index contributed by atoms with van der Waals surface area (Å²) in [6, 6.07) is 5.56. The zero-order chi connectivity index (χ0) is 12.7. The maximum Gasteiger partial charge on any atom is 1.00 e. The van der Waals surface area contributed by atoms with Gasteiger partial charge in [0.2, 0.25) is 0 Å². The van der Waals surface area contributed by atoms with Crippen LogP contribution in [0.25, 0.3) is 5.52 Å². The minimum absolute atomic E-state index is 0. The first-order chi connectivity index (χ1) is 8.65. The molecule has 3 rings (SSSR count). The standard InChI is InChI=1S/C14H15NO3.K/c1-9-6-11-4-5-12(18-8-10-2-3-10)7-15(11)13(9)14(16)17;/h4-7,10H,2-3,8H2,1H3,(H,16,17);/q;+1/p-1. The van der Waals surface area contributed by atoms with E-state index < -0.39 is 5.97 Å². The van der Waals surface area contributed by atoms with Gasteiger partial charge in [-0.25, -0.2) is 0 Å². The van der Waals surface area contributed by atoms with Gasteiger partial charge in [0.05, 0.1) is 24.5 Å². The van der Waals surface area contributed by atoms with Gasteiger partial charge in [-0.05, 0) is 49.4 Å². The molecule has 2 heterocycles. The van der Waals surface area contributed by atoms with Crippen LogP contribution in [0.2, 0.25) is 0 Å². The third-order valence-corrected chi connectivity index (χ3v) is 3.31. The molecule has 0 unspecified atom stereocenters. The number of fused-ring (bicyclic) bond motifs is 1. The molecule has 0 aromatic carbocycles. The van der Waals surface area contributed by atoms with E-state index >= 15 is 0 Å². The smallest absolute Gasteiger partial charge is 0.543 e. The number of aromatic nitrogens is 1. The predicted octanol–water partition coefficient (Wildman–Crippen LogP) is -1.60. The first kappa shape index (κ1) is 15.1. The van der Waals surface area contributed by atoms with E-state index in [-0.39, 0.29) is 57.1 Å². The fraction of sp³-hybridized carbons (Fsp3) is 0.357. The molecular weight excluding hydrogens is 269 g/mol. The average molecular weight is 283 g/mol. The Balaban J connectivity index is 0.00000133. The molecule has 0 aliphatic heterocycles. The van der Waals surface area contributed by atoms with Gasteiger partial charge < -0.3 is 19.0 Å². The third kappa shape index (κ3) is 3.23. The van der Waals surface area contributed by atoms with Gasteiger partial charge in [-0.3, -0.25) is 0 Å². The Bertz CT molecular complexity index is 616. The summed E-state index contributed by atoms with van der Waals surface area (Å²) in [5, 5.41) is 11.1. The minimum Gasteiger partial charge on any atom is -0.543 e. The molecule has 94 valence electrons. The summed E-state index contributed by atoms with van der Waals surface area (Å²) >= 11 is 0. The molecule has 0 amide bonds. The van der Waals surface area contributed by atoms with Gasteiger partial charge in [0.15, 0.2) is 0 Å². The molecule has 0 saturated heterocycles. The monoisotopic (exact) mass is 283 g/mol. The molecule has 1 fully saturated rings. The number of carboxylic acid groups (broad SMARTS) is 1. The molecule has 0 spiro atoms. The van der Waals surface area contributed by atoms with Crippen LogP contribution in [0, 0.1) is 12.8 Å². The number of carbonyl (C=O) groups is 1. The van der Waals surface area contributed by atoms with Crippen molar-refractivity contribution in [2.75, 3.05) is 6.61 Å². The molecule has 1 aliphatic carbocycles. The van der Waals surface area contributed by atoms with Crippen molar-refractivity contribution >= 4 is 11.5 Å². The van der Waals surface area contributed by atoms with Crippen LogP contribution in [-0.4, -0.2) is 17.0 Å². The van der Waals surface area contributed by atoms with Crippen molar-refractivity contribution in [1.29, 1.82) is 0 Å². The normalized spacial score (nSPS) is 14.2. The van der Waals surface area contributed by atoms with E-state index in [1.807, 2.05) is 18.2 Å². The number of carboxylic acids is 1. The molecule has 1 aliphatic rings. The summed E-state index contributed by atoms with van der Waals surface area (Å²) in [7, 11) is 0. The van der Waals surface area contributed by atoms with Gasteiger partial charge in [0, 0.05) is 5.52 Å². The Kier molecular flexibility index (Phi) is 4.73. The van der Waals surface area contributed by atoms with E-state index in [0.717, 1.165) is 5.52 Å². The van der Waals surface area contributed by atoms with Gasteiger partial charge in [-0.15, -0.1) is 0 Å². The quantitative estimate of drug-likeness (QED) is 0.635. The molecule has 2 aromatic heterocycles. The molecule has 1 saturated carbocycles. The van der Waals surface area contributed by atoms with Crippen LogP contribution in [0.15, 0.2) is 24.4 Å². The molecule has 5 heteroatoms. The van der Waals surface area contributed by atoms with Crippen molar-refractivity contribution < 1.29 is 66.0 Å². The number of hydrogen-bond acceptors (Lipinski definition) is 3. The number of hydrogen-bond donors (Lipinski definition) is 0. The van der Waals surface area contributed by atoms with Crippen molar-refractivity contribution in [3.05, 3.63) is 35.7 Å². The molecule has 0 N–H and O–H groups in total. The largest absolute Gasteiger partial charge is 1.00 e. The van der Waals surface area contributed by atoms with Gasteiger partial charge in [-0.2, -0.15) is 0 Å². The first-order valence-electron chi connectivity index (χ1n) is 6.11. The van der Waals surface area contributed by atoms with Crippen molar-refractivity contribution in [2.24, 2.45) is 5.92 Å². The first-order valence-corrected chi connectivity index (χ1v) is 6.11. The fourth-order valence-electron chi connectivity index (χ4n) is 2.13. The Hall–Kier alpha value is -0.334. The van der Waals surface area contributed by atoms with Crippen LogP contribution >= 0.6 is 0 Å². The van der Waals surface area contributed by atoms with Crippen molar-refractivity contribution in [2.45, 2.75) is 19.8 Å². The molecule has 0 radical (unpaired) electrons. The number of aromatic carboxylic acids is 1. The summed E-state index contributed by atoms with van der Waals surface area (Å²) in [5.74, 6) is 0.215. The Morgan fingerprint density at radius 1 is 1.47 bits per heavy atom. The van der Waals surface area contributed by atoms with E-state index in [9.17, 15) is 9.90 Å². The average Bonchev–Trinajstić information content (AvgIpc) is 3.07. The summed E-state index contributed by atoms with van der Waals surface area (Å²) < 4.78 is 7.27. The van der Waals surface area contributed by atoms with Gasteiger partial charge in [-0.1, -0.05) is 0 Å². The van der Waals surface area contributed by atoms with Gasteiger partial charge >= 0.3 is 51.4 Å². The molecule has 0 atom stereocenters. The van der Waals surface area contributed by atoms with Crippen molar-refractivity contribution in [3.8, 4) is 5.75 Å². The van der Waals surface area contributed by atoms with E-state index in [1.165, 1.54) is 12.8 Å². The maximum atomic E-state index is 11.1. The Morgan fingerprint density at radius 2 is 2.21 bits per heavy atom. The van der Waals surface area contributed by atoms with Gasteiger partial charge in [0.25, 0.3) is 0 Å². The van der Waals surface area contributed by atoms with E-state index in [4.69, 9.17) is 4.74 Å². The van der Waals surface area contributed by atoms with Gasteiger partial charge in [0.1, 0.15) is 5.75 Å². The summed E-state index contributed by atoms with van der Waals surface area (Å²) in [4.78, 5) is 11.1. The van der Waals surface area contributed by atoms with Crippen LogP contribution in [0.3, 0.4) is 0 Å². The molecular formula is C14H14KNO3. The van der Waals surface area contributed by atoms with Crippen molar-refractivity contribution in [1.82, 2.24) is 4.40 Å². The number of aryl methyl sites for hydroxylation is 1. The molecule has 2 aromatic rings. The summed E-state index contributed by atoms with van der Waals surface area (Å²) in [6.07, 6.45) is 4.18. The van der Waals surface area contributed by atoms with Crippen LogP contribution in [0.1, 0.15) is 28.9 Å². The second-order valence-electron chi connectivity index (χ2n) is 4.88. The SMILES string of the molecule is Cc1cc2ccc(OCC3CC3)cn2c1C(=O)[O-].[K+]. The molecule has 19 heavy (non-hydrogen) atoms. The molecule has 0 bridgehead atoms. The van der Waals surface area contributed by atoms with E-state index in [1.54, 1.807) is 17.5 Å². The number of pyridine rings is 1. The van der Waals surface area contributed by atoms with E-state index in [0.29, 0.717) is 23.8 Å². The number of carbonyl (C=O) groups excluding carboxylic acids is 1. The van der Waals surface area contributed by atoms with Crippen LogP contribution in [0.5, 0.6) is 5.75 Å².